The highest BCUT2D eigenvalue weighted by atomic mass is 19.3. The fourth-order valence-electron chi connectivity index (χ4n) is 0.430. The molecule has 1 atom stereocenters. The number of aliphatic hydroxyl groups is 1. The summed E-state index contributed by atoms with van der Waals surface area (Å²) in [6.45, 7) is 2.75. The second kappa shape index (κ2) is 3.72. The van der Waals surface area contributed by atoms with Crippen LogP contribution in [0.25, 0.3) is 0 Å². The molecule has 0 saturated heterocycles. The molecule has 0 aliphatic heterocycles. The average molecular weight is 185 g/mol. The van der Waals surface area contributed by atoms with Gasteiger partial charge in [0.25, 0.3) is 6.29 Å². The van der Waals surface area contributed by atoms with Crippen LogP contribution >= 0.6 is 0 Å². The van der Waals surface area contributed by atoms with Crippen molar-refractivity contribution in [3.63, 3.8) is 0 Å². The highest BCUT2D eigenvalue weighted by Crippen LogP contribution is 2.20. The summed E-state index contributed by atoms with van der Waals surface area (Å²) in [6, 6.07) is -4.45. The maximum atomic E-state index is 12.2. The Morgan fingerprint density at radius 3 is 2.25 bits per heavy atom. The minimum absolute atomic E-state index is 0.703. The number of nitro groups is 1. The van der Waals surface area contributed by atoms with Gasteiger partial charge in [-0.1, -0.05) is 0 Å². The Bertz CT molecular complexity index is 173. The van der Waals surface area contributed by atoms with E-state index in [0.29, 0.717) is 0 Å². The first-order valence-electron chi connectivity index (χ1n) is 3.14. The number of aliphatic hydroxyl groups excluding tert-OH is 1. The summed E-state index contributed by atoms with van der Waals surface area (Å²) in [7, 11) is 0. The molecule has 0 rings (SSSR count). The molecule has 1 N–H and O–H groups in total. The first-order chi connectivity index (χ1) is 5.28. The molecule has 5 nitrogen and oxygen atoms in total. The molecule has 0 amide bonds. The van der Waals surface area contributed by atoms with Crippen molar-refractivity contribution in [1.29, 1.82) is 0 Å². The van der Waals surface area contributed by atoms with Gasteiger partial charge in [-0.25, -0.2) is 0 Å². The first kappa shape index (κ1) is 11.2. The standard InChI is InChI=1S/C5H9F2NO4/c1-3(2)12-4(9)5(6,7)8(10)11/h3-4,9H,1-2H3. The van der Waals surface area contributed by atoms with Crippen LogP contribution in [0.5, 0.6) is 0 Å². The summed E-state index contributed by atoms with van der Waals surface area (Å²) >= 11 is 0. The van der Waals surface area contributed by atoms with Crippen molar-refractivity contribution in [3.8, 4) is 0 Å². The lowest BCUT2D eigenvalue weighted by Crippen LogP contribution is -2.43. The van der Waals surface area contributed by atoms with Crippen LogP contribution in [0, 0.1) is 10.1 Å². The summed E-state index contributed by atoms with van der Waals surface area (Å²) < 4.78 is 28.6. The van der Waals surface area contributed by atoms with Gasteiger partial charge in [0, 0.05) is 0 Å². The van der Waals surface area contributed by atoms with E-state index in [1.54, 1.807) is 0 Å². The van der Waals surface area contributed by atoms with E-state index in [2.05, 4.69) is 4.74 Å². The van der Waals surface area contributed by atoms with Gasteiger partial charge in [0.05, 0.1) is 6.10 Å². The average Bonchev–Trinajstić information content (AvgIpc) is 1.85. The normalized spacial score (nSPS) is 14.8. The van der Waals surface area contributed by atoms with Crippen LogP contribution in [0.1, 0.15) is 13.8 Å². The van der Waals surface area contributed by atoms with Crippen LogP contribution in [0.2, 0.25) is 0 Å². The third-order valence-electron chi connectivity index (χ3n) is 0.942. The van der Waals surface area contributed by atoms with Crippen LogP contribution in [0.4, 0.5) is 8.78 Å². The molecule has 0 saturated carbocycles. The molecule has 0 radical (unpaired) electrons. The van der Waals surface area contributed by atoms with Gasteiger partial charge in [0.15, 0.2) is 0 Å². The Hall–Kier alpha value is -0.820. The Kier molecular flexibility index (Phi) is 3.47. The van der Waals surface area contributed by atoms with Crippen LogP contribution in [-0.4, -0.2) is 28.5 Å². The first-order valence-corrected chi connectivity index (χ1v) is 3.14. The predicted octanol–water partition coefficient (Wildman–Crippen LogP) is 0.599. The molecule has 0 aliphatic rings. The van der Waals surface area contributed by atoms with Crippen molar-refractivity contribution < 1.29 is 23.5 Å². The van der Waals surface area contributed by atoms with E-state index in [1.165, 1.54) is 13.8 Å². The van der Waals surface area contributed by atoms with Crippen molar-refractivity contribution >= 4 is 0 Å². The third-order valence-corrected chi connectivity index (χ3v) is 0.942. The predicted molar refractivity (Wildman–Crippen MR) is 34.2 cm³/mol. The van der Waals surface area contributed by atoms with Gasteiger partial charge in [0.2, 0.25) is 0 Å². The highest BCUT2D eigenvalue weighted by Gasteiger charge is 2.54. The van der Waals surface area contributed by atoms with Crippen molar-refractivity contribution in [2.45, 2.75) is 32.3 Å². The fraction of sp³-hybridized carbons (Fsp3) is 1.00. The van der Waals surface area contributed by atoms with E-state index in [4.69, 9.17) is 5.11 Å². The number of nitrogens with zero attached hydrogens (tertiary/aromatic N) is 1. The van der Waals surface area contributed by atoms with Crippen LogP contribution in [0.15, 0.2) is 0 Å². The number of ether oxygens (including phenoxy) is 1. The zero-order valence-corrected chi connectivity index (χ0v) is 6.53. The highest BCUT2D eigenvalue weighted by molar-refractivity contribution is 4.55. The summed E-state index contributed by atoms with van der Waals surface area (Å²) in [5.41, 5.74) is 0. The maximum Gasteiger partial charge on any atom is 0.562 e. The molecule has 0 spiro atoms. The molecule has 0 aromatic heterocycles. The summed E-state index contributed by atoms with van der Waals surface area (Å²) in [5, 5.41) is 18.2. The molecular formula is C5H9F2NO4. The minimum atomic E-state index is -4.45. The largest absolute Gasteiger partial charge is 0.562 e. The molecule has 0 aliphatic carbocycles. The fourth-order valence-corrected chi connectivity index (χ4v) is 0.430. The topological polar surface area (TPSA) is 72.6 Å². The van der Waals surface area contributed by atoms with Gasteiger partial charge < -0.3 is 9.84 Å². The molecule has 0 aromatic carbocycles. The van der Waals surface area contributed by atoms with Crippen LogP contribution in [-0.2, 0) is 4.74 Å². The lowest BCUT2D eigenvalue weighted by atomic mass is 10.4. The zero-order chi connectivity index (χ0) is 9.94. The third kappa shape index (κ3) is 2.67. The molecule has 12 heavy (non-hydrogen) atoms. The van der Waals surface area contributed by atoms with Gasteiger partial charge in [-0.15, -0.1) is 8.78 Å². The van der Waals surface area contributed by atoms with Crippen LogP contribution < -0.4 is 0 Å². The summed E-state index contributed by atoms with van der Waals surface area (Å²) in [5.74, 6) is 0. The van der Waals surface area contributed by atoms with Crippen molar-refractivity contribution in [1.82, 2.24) is 0 Å². The number of rotatable bonds is 4. The maximum absolute atomic E-state index is 12.2. The number of hydrogen-bond donors (Lipinski definition) is 1. The smallest absolute Gasteiger partial charge is 0.357 e. The van der Waals surface area contributed by atoms with E-state index in [0.717, 1.165) is 0 Å². The Labute approximate surface area is 67.1 Å². The second-order valence-corrected chi connectivity index (χ2v) is 2.38. The molecule has 0 bridgehead atoms. The quantitative estimate of drug-likeness (QED) is 0.301. The number of alkyl halides is 2. The Balaban J connectivity index is 4.25. The van der Waals surface area contributed by atoms with Crippen molar-refractivity contribution in [2.75, 3.05) is 0 Å². The van der Waals surface area contributed by atoms with Gasteiger partial charge in [-0.05, 0) is 13.8 Å². The number of halogens is 2. The SMILES string of the molecule is CC(C)OC(O)C(F)(F)[N+](=O)[O-]. The van der Waals surface area contributed by atoms with Gasteiger partial charge in [0.1, 0.15) is 4.92 Å². The van der Waals surface area contributed by atoms with E-state index in [1.807, 2.05) is 0 Å². The Morgan fingerprint density at radius 1 is 1.58 bits per heavy atom. The van der Waals surface area contributed by atoms with Gasteiger partial charge in [-0.2, -0.15) is 0 Å². The molecule has 72 valence electrons. The molecule has 0 heterocycles. The van der Waals surface area contributed by atoms with E-state index in [9.17, 15) is 18.9 Å². The lowest BCUT2D eigenvalue weighted by molar-refractivity contribution is -0.671. The molecule has 0 aromatic rings. The van der Waals surface area contributed by atoms with Crippen molar-refractivity contribution in [2.24, 2.45) is 0 Å². The van der Waals surface area contributed by atoms with E-state index >= 15 is 0 Å². The monoisotopic (exact) mass is 185 g/mol. The van der Waals surface area contributed by atoms with Gasteiger partial charge >= 0.3 is 6.05 Å². The van der Waals surface area contributed by atoms with E-state index in [-0.39, 0.29) is 0 Å². The summed E-state index contributed by atoms with van der Waals surface area (Å²) in [4.78, 5) is 7.77. The van der Waals surface area contributed by atoms with Crippen LogP contribution in [0.3, 0.4) is 0 Å². The molecule has 1 unspecified atom stereocenters. The minimum Gasteiger partial charge on any atom is -0.357 e. The molecule has 7 heteroatoms. The molecule has 0 fully saturated rings. The summed E-state index contributed by atoms with van der Waals surface area (Å²) in [6.07, 6.45) is -3.40. The molecular weight excluding hydrogens is 176 g/mol. The van der Waals surface area contributed by atoms with Crippen molar-refractivity contribution in [3.05, 3.63) is 10.1 Å². The van der Waals surface area contributed by atoms with E-state index < -0.39 is 23.4 Å². The number of hydrogen-bond acceptors (Lipinski definition) is 4. The lowest BCUT2D eigenvalue weighted by Gasteiger charge is -2.16. The van der Waals surface area contributed by atoms with Gasteiger partial charge in [-0.3, -0.25) is 10.1 Å². The zero-order valence-electron chi connectivity index (χ0n) is 6.53. The second-order valence-electron chi connectivity index (χ2n) is 2.38. The Morgan fingerprint density at radius 2 is 2.00 bits per heavy atom.